The summed E-state index contributed by atoms with van der Waals surface area (Å²) in [5, 5.41) is 10.6. The van der Waals surface area contributed by atoms with Gasteiger partial charge in [-0.2, -0.15) is 13.2 Å². The summed E-state index contributed by atoms with van der Waals surface area (Å²) in [5.41, 5.74) is -3.82. The molecule has 1 amide bonds. The average molecular weight is 445 g/mol. The summed E-state index contributed by atoms with van der Waals surface area (Å²) in [6.07, 6.45) is -2.83. The number of carboxylic acid groups (broad SMARTS) is 1. The van der Waals surface area contributed by atoms with E-state index in [-0.39, 0.29) is 24.6 Å². The highest BCUT2D eigenvalue weighted by atomic mass is 19.4. The highest BCUT2D eigenvalue weighted by Gasteiger charge is 2.48. The van der Waals surface area contributed by atoms with Crippen molar-refractivity contribution in [3.8, 4) is 0 Å². The minimum Gasteiger partial charge on any atom is -0.477 e. The first kappa shape index (κ1) is 21.1. The molecule has 2 aliphatic rings. The third-order valence-electron chi connectivity index (χ3n) is 5.42. The van der Waals surface area contributed by atoms with Crippen LogP contribution in [-0.4, -0.2) is 46.4 Å². The Morgan fingerprint density at radius 1 is 1.23 bits per heavy atom. The van der Waals surface area contributed by atoms with Crippen molar-refractivity contribution in [1.82, 2.24) is 9.88 Å². The van der Waals surface area contributed by atoms with Gasteiger partial charge in [0.2, 0.25) is 5.43 Å². The molecule has 0 bridgehead atoms. The van der Waals surface area contributed by atoms with E-state index in [4.69, 9.17) is 0 Å². The summed E-state index contributed by atoms with van der Waals surface area (Å²) in [5.74, 6) is -5.95. The van der Waals surface area contributed by atoms with Crippen LogP contribution in [0.15, 0.2) is 17.1 Å². The first-order valence-electron chi connectivity index (χ1n) is 9.27. The highest BCUT2D eigenvalue weighted by molar-refractivity contribution is 5.94. The SMILES string of the molecule is CC1(NC(=O)C(F)(F)F)CN(c2c(F)cc3c(=O)c(C(=O)O)cn(C4CC4)c3c2F)C1. The monoisotopic (exact) mass is 445 g/mol. The Morgan fingerprint density at radius 2 is 1.84 bits per heavy atom. The van der Waals surface area contributed by atoms with Gasteiger partial charge in [-0.05, 0) is 25.8 Å². The third-order valence-corrected chi connectivity index (χ3v) is 5.42. The van der Waals surface area contributed by atoms with E-state index in [9.17, 15) is 37.1 Å². The van der Waals surface area contributed by atoms with E-state index in [2.05, 4.69) is 0 Å². The first-order chi connectivity index (χ1) is 14.3. The molecule has 12 heteroatoms. The lowest BCUT2D eigenvalue weighted by Crippen LogP contribution is -2.70. The lowest BCUT2D eigenvalue weighted by Gasteiger charge is -2.49. The van der Waals surface area contributed by atoms with Crippen LogP contribution in [-0.2, 0) is 4.79 Å². The van der Waals surface area contributed by atoms with E-state index >= 15 is 4.39 Å². The number of pyridine rings is 1. The van der Waals surface area contributed by atoms with Gasteiger partial charge in [0.05, 0.1) is 16.4 Å². The number of amides is 1. The van der Waals surface area contributed by atoms with E-state index in [1.807, 2.05) is 0 Å². The number of aromatic carboxylic acids is 1. The molecule has 0 radical (unpaired) electrons. The van der Waals surface area contributed by atoms with Crippen molar-refractivity contribution in [1.29, 1.82) is 0 Å². The minimum absolute atomic E-state index is 0.248. The number of fused-ring (bicyclic) bond motifs is 1. The maximum atomic E-state index is 15.4. The van der Waals surface area contributed by atoms with Crippen LogP contribution in [0.3, 0.4) is 0 Å². The summed E-state index contributed by atoms with van der Waals surface area (Å²) >= 11 is 0. The molecule has 1 saturated carbocycles. The highest BCUT2D eigenvalue weighted by Crippen LogP contribution is 2.41. The summed E-state index contributed by atoms with van der Waals surface area (Å²) < 4.78 is 69.0. The second kappa shape index (κ2) is 6.66. The third kappa shape index (κ3) is 3.49. The van der Waals surface area contributed by atoms with Crippen molar-refractivity contribution in [2.75, 3.05) is 18.0 Å². The molecule has 2 N–H and O–H groups in total. The van der Waals surface area contributed by atoms with Crippen LogP contribution in [0.5, 0.6) is 0 Å². The molecule has 166 valence electrons. The largest absolute Gasteiger partial charge is 0.477 e. The van der Waals surface area contributed by atoms with Crippen LogP contribution >= 0.6 is 0 Å². The van der Waals surface area contributed by atoms with Crippen LogP contribution in [0.4, 0.5) is 27.6 Å². The Bertz CT molecular complexity index is 1180. The number of carbonyl (C=O) groups is 2. The van der Waals surface area contributed by atoms with Gasteiger partial charge in [-0.1, -0.05) is 0 Å². The lowest BCUT2D eigenvalue weighted by atomic mass is 9.90. The molecule has 2 aromatic rings. The predicted molar refractivity (Wildman–Crippen MR) is 98.2 cm³/mol. The Hall–Kier alpha value is -3.18. The van der Waals surface area contributed by atoms with Crippen LogP contribution < -0.4 is 15.6 Å². The summed E-state index contributed by atoms with van der Waals surface area (Å²) in [6, 6.07) is 0.493. The molecule has 0 atom stereocenters. The molecule has 2 fully saturated rings. The van der Waals surface area contributed by atoms with Gasteiger partial charge in [0.25, 0.3) is 0 Å². The van der Waals surface area contributed by atoms with Gasteiger partial charge < -0.3 is 19.9 Å². The van der Waals surface area contributed by atoms with Crippen LogP contribution in [0.2, 0.25) is 0 Å². The smallest absolute Gasteiger partial charge is 0.471 e. The number of hydrogen-bond donors (Lipinski definition) is 2. The lowest BCUT2D eigenvalue weighted by molar-refractivity contribution is -0.175. The molecule has 31 heavy (non-hydrogen) atoms. The first-order valence-corrected chi connectivity index (χ1v) is 9.27. The van der Waals surface area contributed by atoms with Crippen molar-refractivity contribution in [3.05, 3.63) is 39.7 Å². The number of alkyl halides is 3. The molecular weight excluding hydrogens is 429 g/mol. The zero-order valence-electron chi connectivity index (χ0n) is 16.0. The maximum Gasteiger partial charge on any atom is 0.471 e. The molecule has 4 rings (SSSR count). The Labute approximate surface area is 171 Å². The molecule has 7 nitrogen and oxygen atoms in total. The number of rotatable bonds is 4. The van der Waals surface area contributed by atoms with Gasteiger partial charge in [-0.15, -0.1) is 0 Å². The molecule has 0 spiro atoms. The topological polar surface area (TPSA) is 91.6 Å². The van der Waals surface area contributed by atoms with Crippen molar-refractivity contribution < 1.29 is 36.6 Å². The fraction of sp³-hybridized carbons (Fsp3) is 0.421. The molecular formula is C19H16F5N3O4. The van der Waals surface area contributed by atoms with Crippen molar-refractivity contribution >= 4 is 28.5 Å². The number of nitrogens with zero attached hydrogens (tertiary/aromatic N) is 2. The molecule has 1 aliphatic heterocycles. The standard InChI is InChI=1S/C19H16F5N3O4/c1-18(25-17(31)19(22,23)24)6-26(7-18)14-11(20)4-9-13(12(14)21)27(8-2-3-8)5-10(15(9)28)16(29)30/h4-5,8H,2-3,6-7H2,1H3,(H,25,31)(H,29,30). The molecule has 1 saturated heterocycles. The predicted octanol–water partition coefficient (Wildman–Crippen LogP) is 2.57. The average Bonchev–Trinajstić information content (AvgIpc) is 3.45. The van der Waals surface area contributed by atoms with E-state index in [1.165, 1.54) is 11.5 Å². The molecule has 1 aromatic carbocycles. The zero-order valence-corrected chi connectivity index (χ0v) is 16.0. The molecule has 1 aliphatic carbocycles. The second-order valence-corrected chi connectivity index (χ2v) is 8.10. The number of carboxylic acids is 1. The van der Waals surface area contributed by atoms with Gasteiger partial charge in [0, 0.05) is 25.3 Å². The Kier molecular flexibility index (Phi) is 4.53. The van der Waals surface area contributed by atoms with Crippen molar-refractivity contribution in [2.45, 2.75) is 37.5 Å². The molecule has 0 unspecified atom stereocenters. The fourth-order valence-corrected chi connectivity index (χ4v) is 3.89. The second-order valence-electron chi connectivity index (χ2n) is 8.10. The van der Waals surface area contributed by atoms with Gasteiger partial charge in [-0.25, -0.2) is 13.6 Å². The van der Waals surface area contributed by atoms with Crippen molar-refractivity contribution in [2.24, 2.45) is 0 Å². The van der Waals surface area contributed by atoms with Crippen molar-refractivity contribution in [3.63, 3.8) is 0 Å². The van der Waals surface area contributed by atoms with E-state index < -0.39 is 57.3 Å². The number of nitrogens with one attached hydrogen (secondary N) is 1. The fourth-order valence-electron chi connectivity index (χ4n) is 3.89. The summed E-state index contributed by atoms with van der Waals surface area (Å²) in [6.45, 7) is 0.716. The van der Waals surface area contributed by atoms with Crippen LogP contribution in [0.25, 0.3) is 10.9 Å². The Morgan fingerprint density at radius 3 is 2.35 bits per heavy atom. The number of carbonyl (C=O) groups excluding carboxylic acids is 1. The van der Waals surface area contributed by atoms with Crippen LogP contribution in [0, 0.1) is 11.6 Å². The normalized spacial score (nSPS) is 18.1. The van der Waals surface area contributed by atoms with E-state index in [0.717, 1.165) is 17.2 Å². The van der Waals surface area contributed by atoms with Gasteiger partial charge in [0.15, 0.2) is 5.82 Å². The van der Waals surface area contributed by atoms with Crippen LogP contribution in [0.1, 0.15) is 36.2 Å². The quantitative estimate of drug-likeness (QED) is 0.706. The minimum atomic E-state index is -5.09. The Balaban J connectivity index is 1.75. The van der Waals surface area contributed by atoms with Gasteiger partial charge in [0.1, 0.15) is 17.1 Å². The van der Waals surface area contributed by atoms with E-state index in [0.29, 0.717) is 12.8 Å². The maximum absolute atomic E-state index is 15.4. The number of aromatic nitrogens is 1. The zero-order chi connectivity index (χ0) is 22.9. The number of halogens is 5. The molecule has 2 heterocycles. The van der Waals surface area contributed by atoms with Gasteiger partial charge >= 0.3 is 18.1 Å². The summed E-state index contributed by atoms with van der Waals surface area (Å²) in [4.78, 5) is 36.1. The number of benzene rings is 1. The number of anilines is 1. The number of hydrogen-bond acceptors (Lipinski definition) is 4. The van der Waals surface area contributed by atoms with Gasteiger partial charge in [-0.3, -0.25) is 9.59 Å². The van der Waals surface area contributed by atoms with E-state index in [1.54, 1.807) is 5.32 Å². The summed E-state index contributed by atoms with van der Waals surface area (Å²) in [7, 11) is 0. The molecule has 1 aromatic heterocycles.